The van der Waals surface area contributed by atoms with E-state index in [4.69, 9.17) is 0 Å². The zero-order valence-corrected chi connectivity index (χ0v) is 13.2. The predicted molar refractivity (Wildman–Crippen MR) is 93.4 cm³/mol. The summed E-state index contributed by atoms with van der Waals surface area (Å²) in [5, 5.41) is 9.22. The van der Waals surface area contributed by atoms with Crippen LogP contribution >= 0.6 is 0 Å². The molecule has 0 atom stereocenters. The lowest BCUT2D eigenvalue weighted by atomic mass is 9.96. The van der Waals surface area contributed by atoms with Crippen molar-refractivity contribution < 1.29 is 14.7 Å². The topological polar surface area (TPSA) is 54.4 Å². The molecule has 0 saturated carbocycles. The zero-order chi connectivity index (χ0) is 17.1. The van der Waals surface area contributed by atoms with Crippen LogP contribution in [-0.4, -0.2) is 16.9 Å². The van der Waals surface area contributed by atoms with Crippen LogP contribution in [0.15, 0.2) is 72.8 Å². The molecule has 3 heteroatoms. The van der Waals surface area contributed by atoms with Crippen LogP contribution in [0.2, 0.25) is 0 Å². The molecule has 3 aromatic rings. The molecule has 0 aliphatic carbocycles. The van der Waals surface area contributed by atoms with Crippen molar-refractivity contribution in [3.05, 3.63) is 95.1 Å². The van der Waals surface area contributed by atoms with Crippen molar-refractivity contribution in [2.24, 2.45) is 0 Å². The Balaban J connectivity index is 1.92. The first kappa shape index (κ1) is 15.7. The van der Waals surface area contributed by atoms with Crippen molar-refractivity contribution in [3.63, 3.8) is 0 Å². The number of ketones is 1. The summed E-state index contributed by atoms with van der Waals surface area (Å²) in [4.78, 5) is 23.9. The Morgan fingerprint density at radius 2 is 1.21 bits per heavy atom. The maximum absolute atomic E-state index is 12.6. The van der Waals surface area contributed by atoms with Crippen LogP contribution in [-0.2, 0) is 0 Å². The number of rotatable bonds is 4. The number of carboxylic acid groups (broad SMARTS) is 1. The molecule has 3 rings (SSSR count). The Labute approximate surface area is 140 Å². The van der Waals surface area contributed by atoms with Crippen molar-refractivity contribution in [3.8, 4) is 11.1 Å². The lowest BCUT2D eigenvalue weighted by Gasteiger charge is -2.07. The van der Waals surface area contributed by atoms with Gasteiger partial charge >= 0.3 is 5.97 Å². The first-order valence-corrected chi connectivity index (χ1v) is 7.60. The molecule has 3 nitrogen and oxygen atoms in total. The SMILES string of the molecule is Cc1ccc(-c2ccc(C(=O)c3ccccc3C(=O)O)cc2)cc1. The fourth-order valence-corrected chi connectivity index (χ4v) is 2.58. The molecule has 0 saturated heterocycles. The molecule has 24 heavy (non-hydrogen) atoms. The summed E-state index contributed by atoms with van der Waals surface area (Å²) in [5.41, 5.74) is 3.97. The third-order valence-electron chi connectivity index (χ3n) is 3.93. The van der Waals surface area contributed by atoms with E-state index in [1.807, 2.05) is 43.3 Å². The molecule has 0 aliphatic rings. The first-order valence-electron chi connectivity index (χ1n) is 7.60. The summed E-state index contributed by atoms with van der Waals surface area (Å²) in [6.07, 6.45) is 0. The molecule has 0 spiro atoms. The minimum Gasteiger partial charge on any atom is -0.478 e. The van der Waals surface area contributed by atoms with Crippen molar-refractivity contribution in [2.45, 2.75) is 6.92 Å². The Morgan fingerprint density at radius 3 is 1.75 bits per heavy atom. The maximum atomic E-state index is 12.6. The quantitative estimate of drug-likeness (QED) is 0.716. The summed E-state index contributed by atoms with van der Waals surface area (Å²) >= 11 is 0. The number of aryl methyl sites for hydroxylation is 1. The highest BCUT2D eigenvalue weighted by molar-refractivity contribution is 6.14. The summed E-state index contributed by atoms with van der Waals surface area (Å²) in [6, 6.07) is 21.6. The average Bonchev–Trinajstić information content (AvgIpc) is 2.62. The lowest BCUT2D eigenvalue weighted by Crippen LogP contribution is -2.09. The third-order valence-corrected chi connectivity index (χ3v) is 3.93. The normalized spacial score (nSPS) is 10.4. The van der Waals surface area contributed by atoms with Gasteiger partial charge in [-0.25, -0.2) is 4.79 Å². The minimum atomic E-state index is -1.10. The predicted octanol–water partition coefficient (Wildman–Crippen LogP) is 4.59. The van der Waals surface area contributed by atoms with Gasteiger partial charge in [0.15, 0.2) is 5.78 Å². The lowest BCUT2D eigenvalue weighted by molar-refractivity contribution is 0.0693. The van der Waals surface area contributed by atoms with E-state index in [1.54, 1.807) is 30.3 Å². The van der Waals surface area contributed by atoms with Crippen molar-refractivity contribution in [1.82, 2.24) is 0 Å². The number of carbonyl (C=O) groups excluding carboxylic acids is 1. The van der Waals surface area contributed by atoms with Gasteiger partial charge in [0.25, 0.3) is 0 Å². The Morgan fingerprint density at radius 1 is 0.708 bits per heavy atom. The molecule has 0 radical (unpaired) electrons. The first-order chi connectivity index (χ1) is 11.6. The van der Waals surface area contributed by atoms with Crippen LogP contribution < -0.4 is 0 Å². The molecule has 0 heterocycles. The monoisotopic (exact) mass is 316 g/mol. The van der Waals surface area contributed by atoms with Crippen molar-refractivity contribution in [1.29, 1.82) is 0 Å². The fourth-order valence-electron chi connectivity index (χ4n) is 2.58. The second-order valence-corrected chi connectivity index (χ2v) is 5.62. The number of benzene rings is 3. The van der Waals surface area contributed by atoms with E-state index in [2.05, 4.69) is 0 Å². The highest BCUT2D eigenvalue weighted by Crippen LogP contribution is 2.22. The average molecular weight is 316 g/mol. The Kier molecular flexibility index (Phi) is 4.25. The number of aromatic carboxylic acids is 1. The van der Waals surface area contributed by atoms with Gasteiger partial charge in [0, 0.05) is 11.1 Å². The summed E-state index contributed by atoms with van der Waals surface area (Å²) < 4.78 is 0. The molecule has 0 fully saturated rings. The Hall–Kier alpha value is -3.20. The maximum Gasteiger partial charge on any atom is 0.336 e. The van der Waals surface area contributed by atoms with Gasteiger partial charge in [0.1, 0.15) is 0 Å². The molecular formula is C21H16O3. The van der Waals surface area contributed by atoms with Crippen molar-refractivity contribution >= 4 is 11.8 Å². The molecule has 118 valence electrons. The minimum absolute atomic E-state index is 0.0186. The van der Waals surface area contributed by atoms with Crippen molar-refractivity contribution in [2.75, 3.05) is 0 Å². The van der Waals surface area contributed by atoms with Gasteiger partial charge in [-0.1, -0.05) is 72.3 Å². The van der Waals surface area contributed by atoms with Crippen LogP contribution in [0.5, 0.6) is 0 Å². The van der Waals surface area contributed by atoms with Gasteiger partial charge in [-0.15, -0.1) is 0 Å². The summed E-state index contributed by atoms with van der Waals surface area (Å²) in [5.74, 6) is -1.39. The van der Waals surface area contributed by atoms with E-state index in [0.29, 0.717) is 5.56 Å². The van der Waals surface area contributed by atoms with Gasteiger partial charge in [-0.05, 0) is 24.1 Å². The molecule has 0 aliphatic heterocycles. The van der Waals surface area contributed by atoms with Gasteiger partial charge in [0.2, 0.25) is 0 Å². The fraction of sp³-hybridized carbons (Fsp3) is 0.0476. The van der Waals surface area contributed by atoms with E-state index in [1.165, 1.54) is 11.6 Å². The third kappa shape index (κ3) is 3.10. The van der Waals surface area contributed by atoms with Crippen LogP contribution in [0, 0.1) is 6.92 Å². The molecule has 0 amide bonds. The zero-order valence-electron chi connectivity index (χ0n) is 13.2. The molecular weight excluding hydrogens is 300 g/mol. The molecule has 0 aromatic heterocycles. The van der Waals surface area contributed by atoms with E-state index in [-0.39, 0.29) is 16.9 Å². The number of carboxylic acids is 1. The van der Waals surface area contributed by atoms with E-state index < -0.39 is 5.97 Å². The van der Waals surface area contributed by atoms with Gasteiger partial charge in [-0.2, -0.15) is 0 Å². The molecule has 0 bridgehead atoms. The molecule has 0 unspecified atom stereocenters. The summed E-state index contributed by atoms with van der Waals surface area (Å²) in [7, 11) is 0. The van der Waals surface area contributed by atoms with Gasteiger partial charge < -0.3 is 5.11 Å². The van der Waals surface area contributed by atoms with Gasteiger partial charge in [-0.3, -0.25) is 4.79 Å². The van der Waals surface area contributed by atoms with Crippen LogP contribution in [0.3, 0.4) is 0 Å². The number of hydrogen-bond acceptors (Lipinski definition) is 2. The number of carbonyl (C=O) groups is 2. The second-order valence-electron chi connectivity index (χ2n) is 5.62. The standard InChI is InChI=1S/C21H16O3/c1-14-6-8-15(9-7-14)16-10-12-17(13-11-16)20(22)18-4-2-3-5-19(18)21(23)24/h2-13H,1H3,(H,23,24). The number of hydrogen-bond donors (Lipinski definition) is 1. The van der Waals surface area contributed by atoms with Gasteiger partial charge in [0.05, 0.1) is 5.56 Å². The second kappa shape index (κ2) is 6.50. The van der Waals surface area contributed by atoms with Crippen LogP contribution in [0.25, 0.3) is 11.1 Å². The summed E-state index contributed by atoms with van der Waals surface area (Å²) in [6.45, 7) is 2.03. The van der Waals surface area contributed by atoms with E-state index in [0.717, 1.165) is 11.1 Å². The molecule has 3 aromatic carbocycles. The highest BCUT2D eigenvalue weighted by atomic mass is 16.4. The largest absolute Gasteiger partial charge is 0.478 e. The smallest absolute Gasteiger partial charge is 0.336 e. The van der Waals surface area contributed by atoms with Crippen LogP contribution in [0.1, 0.15) is 31.8 Å². The Bertz CT molecular complexity index is 891. The van der Waals surface area contributed by atoms with Crippen LogP contribution in [0.4, 0.5) is 0 Å². The molecule has 1 N–H and O–H groups in total. The van der Waals surface area contributed by atoms with E-state index >= 15 is 0 Å². The highest BCUT2D eigenvalue weighted by Gasteiger charge is 2.17. The van der Waals surface area contributed by atoms with E-state index in [9.17, 15) is 14.7 Å².